The minimum Gasteiger partial charge on any atom is -0.384 e. The molecule has 1 aromatic rings. The van der Waals surface area contributed by atoms with Crippen molar-refractivity contribution in [3.63, 3.8) is 0 Å². The van der Waals surface area contributed by atoms with Crippen molar-refractivity contribution in [2.75, 3.05) is 25.4 Å². The van der Waals surface area contributed by atoms with E-state index < -0.39 is 0 Å². The van der Waals surface area contributed by atoms with Gasteiger partial charge in [-0.2, -0.15) is 0 Å². The first kappa shape index (κ1) is 12.8. The van der Waals surface area contributed by atoms with Crippen LogP contribution >= 0.6 is 0 Å². The molecule has 0 aliphatic carbocycles. The Kier molecular flexibility index (Phi) is 4.15. The van der Waals surface area contributed by atoms with Crippen molar-refractivity contribution in [2.24, 2.45) is 0 Å². The standard InChI is InChI=1S/C13H20N4O/c1-10(9-17-6-2-3-7-17)16-13(18)11-4-5-15-12(14)8-11/h4-5,8,10H,2-3,6-7,9H2,1H3,(H2,14,15)(H,16,18). The summed E-state index contributed by atoms with van der Waals surface area (Å²) in [5, 5.41) is 2.99. The number of nitrogens with two attached hydrogens (primary N) is 1. The number of rotatable bonds is 4. The van der Waals surface area contributed by atoms with Crippen molar-refractivity contribution in [1.29, 1.82) is 0 Å². The number of hydrogen-bond acceptors (Lipinski definition) is 4. The Labute approximate surface area is 107 Å². The van der Waals surface area contributed by atoms with E-state index in [1.165, 1.54) is 12.8 Å². The van der Waals surface area contributed by atoms with Crippen molar-refractivity contribution in [1.82, 2.24) is 15.2 Å². The topological polar surface area (TPSA) is 71.2 Å². The van der Waals surface area contributed by atoms with Crippen LogP contribution in [0, 0.1) is 0 Å². The van der Waals surface area contributed by atoms with Gasteiger partial charge in [0, 0.05) is 24.3 Å². The summed E-state index contributed by atoms with van der Waals surface area (Å²) in [6.07, 6.45) is 4.08. The molecular formula is C13H20N4O. The number of amides is 1. The molecule has 1 aliphatic heterocycles. The largest absolute Gasteiger partial charge is 0.384 e. The predicted molar refractivity (Wildman–Crippen MR) is 71.3 cm³/mol. The van der Waals surface area contributed by atoms with Gasteiger partial charge < -0.3 is 16.0 Å². The molecule has 1 amide bonds. The van der Waals surface area contributed by atoms with Crippen molar-refractivity contribution in [2.45, 2.75) is 25.8 Å². The summed E-state index contributed by atoms with van der Waals surface area (Å²) in [5.74, 6) is 0.283. The molecule has 98 valence electrons. The second-order valence-electron chi connectivity index (χ2n) is 4.85. The zero-order valence-electron chi connectivity index (χ0n) is 10.7. The number of hydrogen-bond donors (Lipinski definition) is 2. The number of carbonyl (C=O) groups is 1. The lowest BCUT2D eigenvalue weighted by Crippen LogP contribution is -2.41. The van der Waals surface area contributed by atoms with Crippen LogP contribution in [0.2, 0.25) is 0 Å². The van der Waals surface area contributed by atoms with Gasteiger partial charge >= 0.3 is 0 Å². The summed E-state index contributed by atoms with van der Waals surface area (Å²) in [6.45, 7) is 5.22. The van der Waals surface area contributed by atoms with E-state index in [0.717, 1.165) is 19.6 Å². The van der Waals surface area contributed by atoms with Crippen LogP contribution in [0.3, 0.4) is 0 Å². The third-order valence-electron chi connectivity index (χ3n) is 3.15. The lowest BCUT2D eigenvalue weighted by molar-refractivity contribution is 0.0932. The van der Waals surface area contributed by atoms with Crippen molar-refractivity contribution < 1.29 is 4.79 Å². The van der Waals surface area contributed by atoms with Gasteiger partial charge in [-0.15, -0.1) is 0 Å². The average Bonchev–Trinajstić information content (AvgIpc) is 2.81. The highest BCUT2D eigenvalue weighted by Gasteiger charge is 2.16. The fourth-order valence-electron chi connectivity index (χ4n) is 2.29. The van der Waals surface area contributed by atoms with Crippen LogP contribution in [0.4, 0.5) is 5.82 Å². The molecule has 5 heteroatoms. The van der Waals surface area contributed by atoms with Crippen LogP contribution in [0.5, 0.6) is 0 Å². The van der Waals surface area contributed by atoms with Crippen molar-refractivity contribution >= 4 is 11.7 Å². The number of likely N-dealkylation sites (tertiary alicyclic amines) is 1. The maximum absolute atomic E-state index is 12.0. The Morgan fingerprint density at radius 1 is 1.56 bits per heavy atom. The molecule has 1 aliphatic rings. The highest BCUT2D eigenvalue weighted by atomic mass is 16.1. The molecule has 1 unspecified atom stereocenters. The molecule has 3 N–H and O–H groups in total. The monoisotopic (exact) mass is 248 g/mol. The third-order valence-corrected chi connectivity index (χ3v) is 3.15. The number of nitrogens with one attached hydrogen (secondary N) is 1. The molecule has 0 radical (unpaired) electrons. The van der Waals surface area contributed by atoms with Gasteiger partial charge in [-0.25, -0.2) is 4.98 Å². The van der Waals surface area contributed by atoms with Gasteiger partial charge in [-0.05, 0) is 45.0 Å². The van der Waals surface area contributed by atoms with E-state index in [9.17, 15) is 4.79 Å². The number of pyridine rings is 1. The first-order valence-corrected chi connectivity index (χ1v) is 6.40. The zero-order valence-corrected chi connectivity index (χ0v) is 10.7. The third kappa shape index (κ3) is 3.43. The van der Waals surface area contributed by atoms with Crippen molar-refractivity contribution in [3.8, 4) is 0 Å². The van der Waals surface area contributed by atoms with E-state index in [4.69, 9.17) is 5.73 Å². The Morgan fingerprint density at radius 2 is 2.28 bits per heavy atom. The van der Waals surface area contributed by atoms with Crippen LogP contribution in [-0.4, -0.2) is 41.5 Å². The predicted octanol–water partition coefficient (Wildman–Crippen LogP) is 0.878. The normalized spacial score (nSPS) is 17.6. The van der Waals surface area contributed by atoms with Gasteiger partial charge in [0.2, 0.25) is 0 Å². The Morgan fingerprint density at radius 3 is 2.94 bits per heavy atom. The van der Waals surface area contributed by atoms with Crippen LogP contribution in [-0.2, 0) is 0 Å². The Hall–Kier alpha value is -1.62. The molecule has 1 atom stereocenters. The molecule has 0 spiro atoms. The molecule has 2 rings (SSSR count). The number of nitrogens with zero attached hydrogens (tertiary/aromatic N) is 2. The minimum atomic E-state index is -0.0872. The van der Waals surface area contributed by atoms with E-state index in [-0.39, 0.29) is 11.9 Å². The lowest BCUT2D eigenvalue weighted by atomic mass is 10.2. The molecule has 1 saturated heterocycles. The fourth-order valence-corrected chi connectivity index (χ4v) is 2.29. The molecule has 2 heterocycles. The summed E-state index contributed by atoms with van der Waals surface area (Å²) in [5.41, 5.74) is 6.13. The molecular weight excluding hydrogens is 228 g/mol. The van der Waals surface area contributed by atoms with Gasteiger partial charge in [0.25, 0.3) is 5.91 Å². The lowest BCUT2D eigenvalue weighted by Gasteiger charge is -2.21. The molecule has 5 nitrogen and oxygen atoms in total. The molecule has 18 heavy (non-hydrogen) atoms. The highest BCUT2D eigenvalue weighted by molar-refractivity contribution is 5.94. The summed E-state index contributed by atoms with van der Waals surface area (Å²) >= 11 is 0. The summed E-state index contributed by atoms with van der Waals surface area (Å²) in [7, 11) is 0. The number of carbonyl (C=O) groups excluding carboxylic acids is 1. The van der Waals surface area contributed by atoms with E-state index >= 15 is 0 Å². The van der Waals surface area contributed by atoms with E-state index in [0.29, 0.717) is 11.4 Å². The Bertz CT molecular complexity index is 415. The fraction of sp³-hybridized carbons (Fsp3) is 0.538. The van der Waals surface area contributed by atoms with Crippen LogP contribution in [0.1, 0.15) is 30.1 Å². The smallest absolute Gasteiger partial charge is 0.251 e. The molecule has 1 aromatic heterocycles. The van der Waals surface area contributed by atoms with Gasteiger partial charge in [-0.3, -0.25) is 4.79 Å². The SMILES string of the molecule is CC(CN1CCCC1)NC(=O)c1ccnc(N)c1. The zero-order chi connectivity index (χ0) is 13.0. The Balaban J connectivity index is 1.86. The molecule has 0 aromatic carbocycles. The summed E-state index contributed by atoms with van der Waals surface area (Å²) in [6, 6.07) is 3.41. The summed E-state index contributed by atoms with van der Waals surface area (Å²) in [4.78, 5) is 18.2. The molecule has 0 bridgehead atoms. The molecule has 0 saturated carbocycles. The molecule has 1 fully saturated rings. The van der Waals surface area contributed by atoms with E-state index in [2.05, 4.69) is 15.2 Å². The maximum Gasteiger partial charge on any atom is 0.251 e. The van der Waals surface area contributed by atoms with Gasteiger partial charge in [-0.1, -0.05) is 0 Å². The number of anilines is 1. The van der Waals surface area contributed by atoms with Gasteiger partial charge in [0.05, 0.1) is 0 Å². The van der Waals surface area contributed by atoms with Crippen LogP contribution < -0.4 is 11.1 Å². The highest BCUT2D eigenvalue weighted by Crippen LogP contribution is 2.08. The van der Waals surface area contributed by atoms with Crippen molar-refractivity contribution in [3.05, 3.63) is 23.9 Å². The number of aromatic nitrogens is 1. The summed E-state index contributed by atoms with van der Waals surface area (Å²) < 4.78 is 0. The second-order valence-corrected chi connectivity index (χ2v) is 4.85. The average molecular weight is 248 g/mol. The van der Waals surface area contributed by atoms with Gasteiger partial charge in [0.1, 0.15) is 5.82 Å². The maximum atomic E-state index is 12.0. The first-order valence-electron chi connectivity index (χ1n) is 6.40. The second kappa shape index (κ2) is 5.82. The van der Waals surface area contributed by atoms with Crippen LogP contribution in [0.25, 0.3) is 0 Å². The minimum absolute atomic E-state index is 0.0872. The van der Waals surface area contributed by atoms with Crippen LogP contribution in [0.15, 0.2) is 18.3 Å². The first-order chi connectivity index (χ1) is 8.65. The number of nitrogen functional groups attached to an aromatic ring is 1. The van der Waals surface area contributed by atoms with E-state index in [1.54, 1.807) is 18.3 Å². The quantitative estimate of drug-likeness (QED) is 0.829. The van der Waals surface area contributed by atoms with E-state index in [1.807, 2.05) is 6.92 Å². The van der Waals surface area contributed by atoms with Gasteiger partial charge in [0.15, 0.2) is 0 Å².